The first kappa shape index (κ1) is 11.9. The molecule has 0 amide bonds. The quantitative estimate of drug-likeness (QED) is 0.510. The van der Waals surface area contributed by atoms with Crippen LogP contribution in [0.25, 0.3) is 0 Å². The molecule has 5 nitrogen and oxygen atoms in total. The molecular formula is C13H12N2O3. The minimum Gasteiger partial charge on any atom is -0.457 e. The Bertz CT molecular complexity index is 579. The summed E-state index contributed by atoms with van der Waals surface area (Å²) in [6.45, 7) is 1.67. The highest BCUT2D eigenvalue weighted by atomic mass is 16.6. The normalized spacial score (nSPS) is 10.1. The first-order chi connectivity index (χ1) is 8.56. The highest BCUT2D eigenvalue weighted by Gasteiger charge is 2.10. The Morgan fingerprint density at radius 3 is 2.28 bits per heavy atom. The fraction of sp³-hybridized carbons (Fsp3) is 0.0769. The second kappa shape index (κ2) is 4.75. The summed E-state index contributed by atoms with van der Waals surface area (Å²) in [6, 6.07) is 11.6. The van der Waals surface area contributed by atoms with Crippen LogP contribution in [0.3, 0.4) is 0 Å². The van der Waals surface area contributed by atoms with Crippen molar-refractivity contribution in [3.63, 3.8) is 0 Å². The van der Waals surface area contributed by atoms with E-state index in [1.807, 2.05) is 0 Å². The summed E-state index contributed by atoms with van der Waals surface area (Å²) in [6.07, 6.45) is 0. The van der Waals surface area contributed by atoms with Crippen LogP contribution in [-0.4, -0.2) is 4.92 Å². The standard InChI is InChI=1S/C13H12N2O3/c1-9-8-12(6-7-13(9)15(16)17)18-11-4-2-10(14)3-5-11/h2-8H,14H2,1H3. The number of ether oxygens (including phenoxy) is 1. The maximum absolute atomic E-state index is 10.7. The van der Waals surface area contributed by atoms with Crippen LogP contribution in [0.4, 0.5) is 11.4 Å². The maximum Gasteiger partial charge on any atom is 0.272 e. The van der Waals surface area contributed by atoms with Crippen molar-refractivity contribution in [1.29, 1.82) is 0 Å². The number of hydrogen-bond donors (Lipinski definition) is 1. The number of nitro benzene ring substituents is 1. The van der Waals surface area contributed by atoms with E-state index < -0.39 is 4.92 Å². The second-order valence-electron chi connectivity index (χ2n) is 3.88. The smallest absolute Gasteiger partial charge is 0.272 e. The SMILES string of the molecule is Cc1cc(Oc2ccc(N)cc2)ccc1[N+](=O)[O-]. The van der Waals surface area contributed by atoms with Crippen molar-refractivity contribution >= 4 is 11.4 Å². The lowest BCUT2D eigenvalue weighted by atomic mass is 10.2. The molecule has 0 unspecified atom stereocenters. The Kier molecular flexibility index (Phi) is 3.14. The second-order valence-corrected chi connectivity index (χ2v) is 3.88. The number of nitro groups is 1. The van der Waals surface area contributed by atoms with Gasteiger partial charge in [0.1, 0.15) is 11.5 Å². The third-order valence-corrected chi connectivity index (χ3v) is 2.48. The lowest BCUT2D eigenvalue weighted by molar-refractivity contribution is -0.385. The number of benzene rings is 2. The molecule has 18 heavy (non-hydrogen) atoms. The number of anilines is 1. The van der Waals surface area contributed by atoms with Gasteiger partial charge in [-0.15, -0.1) is 0 Å². The molecule has 2 aromatic rings. The topological polar surface area (TPSA) is 78.4 Å². The summed E-state index contributed by atoms with van der Waals surface area (Å²) >= 11 is 0. The third kappa shape index (κ3) is 2.57. The average molecular weight is 244 g/mol. The van der Waals surface area contributed by atoms with E-state index >= 15 is 0 Å². The first-order valence-electron chi connectivity index (χ1n) is 5.35. The fourth-order valence-corrected chi connectivity index (χ4v) is 1.57. The largest absolute Gasteiger partial charge is 0.457 e. The van der Waals surface area contributed by atoms with E-state index in [0.717, 1.165) is 0 Å². The van der Waals surface area contributed by atoms with Crippen LogP contribution in [0.2, 0.25) is 0 Å². The van der Waals surface area contributed by atoms with Gasteiger partial charge >= 0.3 is 0 Å². The highest BCUT2D eigenvalue weighted by Crippen LogP contribution is 2.27. The number of aryl methyl sites for hydroxylation is 1. The maximum atomic E-state index is 10.7. The minimum absolute atomic E-state index is 0.0830. The molecule has 0 radical (unpaired) electrons. The van der Waals surface area contributed by atoms with Gasteiger partial charge in [-0.1, -0.05) is 0 Å². The number of nitrogen functional groups attached to an aromatic ring is 1. The molecule has 92 valence electrons. The molecule has 2 rings (SSSR count). The van der Waals surface area contributed by atoms with Gasteiger partial charge in [0, 0.05) is 17.3 Å². The van der Waals surface area contributed by atoms with E-state index in [-0.39, 0.29) is 5.69 Å². The molecule has 5 heteroatoms. The molecule has 0 fully saturated rings. The predicted molar refractivity (Wildman–Crippen MR) is 68.8 cm³/mol. The molecular weight excluding hydrogens is 232 g/mol. The molecule has 2 aromatic carbocycles. The van der Waals surface area contributed by atoms with Gasteiger partial charge in [-0.25, -0.2) is 0 Å². The zero-order valence-corrected chi connectivity index (χ0v) is 9.79. The van der Waals surface area contributed by atoms with Crippen molar-refractivity contribution in [1.82, 2.24) is 0 Å². The van der Waals surface area contributed by atoms with Crippen molar-refractivity contribution in [2.45, 2.75) is 6.92 Å². The van der Waals surface area contributed by atoms with Gasteiger partial charge in [-0.2, -0.15) is 0 Å². The van der Waals surface area contributed by atoms with Crippen LogP contribution in [0.15, 0.2) is 42.5 Å². The molecule has 0 atom stereocenters. The van der Waals surface area contributed by atoms with E-state index in [9.17, 15) is 10.1 Å². The number of nitrogens with two attached hydrogens (primary N) is 1. The summed E-state index contributed by atoms with van der Waals surface area (Å²) in [5, 5.41) is 10.7. The van der Waals surface area contributed by atoms with Crippen molar-refractivity contribution in [3.05, 3.63) is 58.1 Å². The minimum atomic E-state index is -0.414. The summed E-state index contributed by atoms with van der Waals surface area (Å²) in [5.74, 6) is 1.19. The number of hydrogen-bond acceptors (Lipinski definition) is 4. The van der Waals surface area contributed by atoms with E-state index in [1.165, 1.54) is 6.07 Å². The monoisotopic (exact) mass is 244 g/mol. The molecule has 0 saturated heterocycles. The van der Waals surface area contributed by atoms with Crippen LogP contribution in [0, 0.1) is 17.0 Å². The summed E-state index contributed by atoms with van der Waals surface area (Å²) < 4.78 is 5.57. The lowest BCUT2D eigenvalue weighted by Crippen LogP contribution is -1.92. The zero-order valence-electron chi connectivity index (χ0n) is 9.79. The Morgan fingerprint density at radius 2 is 1.72 bits per heavy atom. The first-order valence-corrected chi connectivity index (χ1v) is 5.35. The van der Waals surface area contributed by atoms with Gasteiger partial charge in [0.15, 0.2) is 0 Å². The van der Waals surface area contributed by atoms with Crippen LogP contribution in [-0.2, 0) is 0 Å². The molecule has 0 aliphatic rings. The molecule has 2 N–H and O–H groups in total. The van der Waals surface area contributed by atoms with Crippen LogP contribution >= 0.6 is 0 Å². The Hall–Kier alpha value is -2.56. The van der Waals surface area contributed by atoms with Crippen molar-refractivity contribution in [2.75, 3.05) is 5.73 Å². The van der Waals surface area contributed by atoms with Crippen LogP contribution in [0.5, 0.6) is 11.5 Å². The molecule has 0 aliphatic carbocycles. The Balaban J connectivity index is 2.22. The van der Waals surface area contributed by atoms with Gasteiger partial charge in [0.05, 0.1) is 4.92 Å². The van der Waals surface area contributed by atoms with Crippen molar-refractivity contribution in [2.24, 2.45) is 0 Å². The summed E-state index contributed by atoms with van der Waals surface area (Å²) in [7, 11) is 0. The van der Waals surface area contributed by atoms with E-state index in [2.05, 4.69) is 0 Å². The summed E-state index contributed by atoms with van der Waals surface area (Å²) in [5.41, 5.74) is 6.87. The molecule has 0 heterocycles. The predicted octanol–water partition coefficient (Wildman–Crippen LogP) is 3.28. The van der Waals surface area contributed by atoms with Gasteiger partial charge in [-0.05, 0) is 43.3 Å². The van der Waals surface area contributed by atoms with E-state index in [1.54, 1.807) is 43.3 Å². The third-order valence-electron chi connectivity index (χ3n) is 2.48. The van der Waals surface area contributed by atoms with Gasteiger partial charge in [0.2, 0.25) is 0 Å². The molecule has 0 aliphatic heterocycles. The van der Waals surface area contributed by atoms with E-state index in [4.69, 9.17) is 10.5 Å². The Morgan fingerprint density at radius 1 is 1.11 bits per heavy atom. The molecule has 0 spiro atoms. The van der Waals surface area contributed by atoms with Crippen LogP contribution < -0.4 is 10.5 Å². The van der Waals surface area contributed by atoms with Crippen molar-refractivity contribution in [3.8, 4) is 11.5 Å². The number of nitrogens with zero attached hydrogens (tertiary/aromatic N) is 1. The highest BCUT2D eigenvalue weighted by molar-refractivity contribution is 5.47. The van der Waals surface area contributed by atoms with Gasteiger partial charge in [-0.3, -0.25) is 10.1 Å². The Labute approximate surface area is 104 Å². The fourth-order valence-electron chi connectivity index (χ4n) is 1.57. The van der Waals surface area contributed by atoms with Gasteiger partial charge in [0.25, 0.3) is 5.69 Å². The van der Waals surface area contributed by atoms with E-state index in [0.29, 0.717) is 22.7 Å². The lowest BCUT2D eigenvalue weighted by Gasteiger charge is -2.06. The van der Waals surface area contributed by atoms with Crippen molar-refractivity contribution < 1.29 is 9.66 Å². The van der Waals surface area contributed by atoms with Gasteiger partial charge < -0.3 is 10.5 Å². The summed E-state index contributed by atoms with van der Waals surface area (Å²) in [4.78, 5) is 10.3. The molecule has 0 aromatic heterocycles. The molecule has 0 saturated carbocycles. The molecule has 0 bridgehead atoms. The average Bonchev–Trinajstić information content (AvgIpc) is 2.32. The number of rotatable bonds is 3. The van der Waals surface area contributed by atoms with Crippen LogP contribution in [0.1, 0.15) is 5.56 Å². The zero-order chi connectivity index (χ0) is 13.1.